The highest BCUT2D eigenvalue weighted by Gasteiger charge is 2.28. The van der Waals surface area contributed by atoms with Crippen LogP contribution in [-0.2, 0) is 9.59 Å². The number of hydrogen-bond acceptors (Lipinski definition) is 4. The maximum Gasteiger partial charge on any atom is 0.248 e. The summed E-state index contributed by atoms with van der Waals surface area (Å²) < 4.78 is 1.61. The van der Waals surface area contributed by atoms with Gasteiger partial charge in [0.15, 0.2) is 5.82 Å². The van der Waals surface area contributed by atoms with E-state index in [2.05, 4.69) is 20.7 Å². The van der Waals surface area contributed by atoms with Gasteiger partial charge in [-0.25, -0.2) is 4.98 Å². The number of aryl methyl sites for hydroxylation is 1. The summed E-state index contributed by atoms with van der Waals surface area (Å²) >= 11 is 0. The van der Waals surface area contributed by atoms with Crippen LogP contribution in [0, 0.1) is 6.92 Å². The van der Waals surface area contributed by atoms with Gasteiger partial charge in [0, 0.05) is 17.9 Å². The summed E-state index contributed by atoms with van der Waals surface area (Å²) in [6.07, 6.45) is 0.884. The second-order valence-electron chi connectivity index (χ2n) is 6.09. The van der Waals surface area contributed by atoms with Crippen molar-refractivity contribution in [3.8, 4) is 5.82 Å². The van der Waals surface area contributed by atoms with Crippen molar-refractivity contribution in [2.75, 3.05) is 5.32 Å². The molecule has 2 N–H and O–H groups in total. The van der Waals surface area contributed by atoms with Crippen molar-refractivity contribution in [2.24, 2.45) is 0 Å². The van der Waals surface area contributed by atoms with Crippen LogP contribution < -0.4 is 10.6 Å². The molecule has 2 amide bonds. The highest BCUT2D eigenvalue weighted by molar-refractivity contribution is 5.98. The van der Waals surface area contributed by atoms with E-state index < -0.39 is 6.04 Å². The van der Waals surface area contributed by atoms with E-state index in [1.54, 1.807) is 10.7 Å². The van der Waals surface area contributed by atoms with Gasteiger partial charge in [-0.1, -0.05) is 18.2 Å². The van der Waals surface area contributed by atoms with Crippen molar-refractivity contribution >= 4 is 28.5 Å². The van der Waals surface area contributed by atoms with E-state index in [0.29, 0.717) is 24.5 Å². The molecule has 1 unspecified atom stereocenters. The third-order valence-corrected chi connectivity index (χ3v) is 4.20. The predicted molar refractivity (Wildman–Crippen MR) is 93.4 cm³/mol. The van der Waals surface area contributed by atoms with Crippen molar-refractivity contribution < 1.29 is 9.59 Å². The molecule has 1 atom stereocenters. The molecule has 0 saturated carbocycles. The lowest BCUT2D eigenvalue weighted by molar-refractivity contribution is -0.122. The third kappa shape index (κ3) is 2.96. The Bertz CT molecular complexity index is 979. The molecule has 1 saturated heterocycles. The number of rotatable bonds is 3. The topological polar surface area (TPSA) is 88.9 Å². The van der Waals surface area contributed by atoms with Crippen LogP contribution in [0.3, 0.4) is 0 Å². The fourth-order valence-corrected chi connectivity index (χ4v) is 2.96. The molecular weight excluding hydrogens is 318 g/mol. The fourth-order valence-electron chi connectivity index (χ4n) is 2.96. The van der Waals surface area contributed by atoms with Gasteiger partial charge in [-0.3, -0.25) is 9.59 Å². The summed E-state index contributed by atoms with van der Waals surface area (Å²) in [6, 6.07) is 12.9. The quantitative estimate of drug-likeness (QED) is 0.765. The molecule has 0 bridgehead atoms. The summed E-state index contributed by atoms with van der Waals surface area (Å²) in [4.78, 5) is 28.3. The average molecular weight is 335 g/mol. The summed E-state index contributed by atoms with van der Waals surface area (Å²) in [5, 5.41) is 11.0. The summed E-state index contributed by atoms with van der Waals surface area (Å²) in [7, 11) is 0. The van der Waals surface area contributed by atoms with E-state index in [1.165, 1.54) is 0 Å². The van der Waals surface area contributed by atoms with Gasteiger partial charge in [-0.15, -0.1) is 0 Å². The van der Waals surface area contributed by atoms with Crippen LogP contribution in [0.15, 0.2) is 42.5 Å². The van der Waals surface area contributed by atoms with Gasteiger partial charge in [0.2, 0.25) is 11.8 Å². The Morgan fingerprint density at radius 1 is 1.28 bits per heavy atom. The minimum absolute atomic E-state index is 0.0963. The minimum Gasteiger partial charge on any atom is -0.344 e. The fraction of sp³-hybridized carbons (Fsp3) is 0.222. The van der Waals surface area contributed by atoms with Gasteiger partial charge >= 0.3 is 0 Å². The molecular formula is C18H17N5O2. The van der Waals surface area contributed by atoms with Crippen LogP contribution in [0.1, 0.15) is 18.5 Å². The Morgan fingerprint density at radius 3 is 2.92 bits per heavy atom. The van der Waals surface area contributed by atoms with E-state index in [1.807, 2.05) is 43.3 Å². The average Bonchev–Trinajstić information content (AvgIpc) is 3.20. The zero-order valence-electron chi connectivity index (χ0n) is 13.7. The molecule has 4 rings (SSSR count). The second-order valence-corrected chi connectivity index (χ2v) is 6.09. The van der Waals surface area contributed by atoms with Gasteiger partial charge in [-0.2, -0.15) is 9.78 Å². The number of carbonyl (C=O) groups is 2. The van der Waals surface area contributed by atoms with Crippen LogP contribution in [-0.4, -0.2) is 32.6 Å². The number of para-hydroxylation sites is 1. The van der Waals surface area contributed by atoms with Crippen LogP contribution in [0.2, 0.25) is 0 Å². The Balaban J connectivity index is 1.66. The van der Waals surface area contributed by atoms with Gasteiger partial charge in [-0.05, 0) is 31.5 Å². The Labute approximate surface area is 144 Å². The zero-order chi connectivity index (χ0) is 17.4. The predicted octanol–water partition coefficient (Wildman–Crippen LogP) is 1.95. The first-order valence-electron chi connectivity index (χ1n) is 8.13. The number of anilines is 1. The first-order valence-corrected chi connectivity index (χ1v) is 8.13. The third-order valence-electron chi connectivity index (χ3n) is 4.20. The lowest BCUT2D eigenvalue weighted by Gasteiger charge is -2.12. The van der Waals surface area contributed by atoms with Crippen molar-refractivity contribution in [3.05, 3.63) is 48.2 Å². The number of nitrogens with one attached hydrogen (secondary N) is 2. The van der Waals surface area contributed by atoms with Crippen LogP contribution in [0.5, 0.6) is 0 Å². The molecule has 126 valence electrons. The highest BCUT2D eigenvalue weighted by atomic mass is 16.2. The van der Waals surface area contributed by atoms with Crippen LogP contribution in [0.4, 0.5) is 5.82 Å². The van der Waals surface area contributed by atoms with Crippen molar-refractivity contribution in [1.82, 2.24) is 20.1 Å². The van der Waals surface area contributed by atoms with Crippen molar-refractivity contribution in [3.63, 3.8) is 0 Å². The van der Waals surface area contributed by atoms with E-state index >= 15 is 0 Å². The van der Waals surface area contributed by atoms with E-state index in [9.17, 15) is 9.59 Å². The van der Waals surface area contributed by atoms with Gasteiger partial charge in [0.1, 0.15) is 11.9 Å². The molecule has 2 aromatic heterocycles. The highest BCUT2D eigenvalue weighted by Crippen LogP contribution is 2.20. The molecule has 25 heavy (non-hydrogen) atoms. The largest absolute Gasteiger partial charge is 0.344 e. The van der Waals surface area contributed by atoms with E-state index in [4.69, 9.17) is 0 Å². The van der Waals surface area contributed by atoms with Gasteiger partial charge in [0.05, 0.1) is 11.2 Å². The molecule has 7 nitrogen and oxygen atoms in total. The first kappa shape index (κ1) is 15.3. The number of amides is 2. The Kier molecular flexibility index (Phi) is 3.68. The van der Waals surface area contributed by atoms with Gasteiger partial charge in [0.25, 0.3) is 0 Å². The molecule has 0 spiro atoms. The standard InChI is InChI=1S/C18H17N5O2/c1-11-10-16(21-18(25)14-7-9-17(24)20-14)23(22-11)15-8-6-12-4-2-3-5-13(12)19-15/h2-6,8,10,14H,7,9H2,1H3,(H,20,24)(H,21,25). The maximum absolute atomic E-state index is 12.4. The normalized spacial score (nSPS) is 16.8. The smallest absolute Gasteiger partial charge is 0.248 e. The van der Waals surface area contributed by atoms with E-state index in [-0.39, 0.29) is 11.8 Å². The molecule has 7 heteroatoms. The molecule has 0 radical (unpaired) electrons. The second kappa shape index (κ2) is 6.01. The summed E-state index contributed by atoms with van der Waals surface area (Å²) in [5.41, 5.74) is 1.62. The summed E-state index contributed by atoms with van der Waals surface area (Å²) in [5.74, 6) is 0.817. The van der Waals surface area contributed by atoms with E-state index in [0.717, 1.165) is 16.6 Å². The number of nitrogens with zero attached hydrogens (tertiary/aromatic N) is 3. The van der Waals surface area contributed by atoms with Crippen LogP contribution in [0.25, 0.3) is 16.7 Å². The zero-order valence-corrected chi connectivity index (χ0v) is 13.7. The van der Waals surface area contributed by atoms with Crippen molar-refractivity contribution in [2.45, 2.75) is 25.8 Å². The number of carbonyl (C=O) groups excluding carboxylic acids is 2. The Hall–Kier alpha value is -3.22. The number of fused-ring (bicyclic) bond motifs is 1. The van der Waals surface area contributed by atoms with Crippen LogP contribution >= 0.6 is 0 Å². The van der Waals surface area contributed by atoms with Crippen molar-refractivity contribution in [1.29, 1.82) is 0 Å². The summed E-state index contributed by atoms with van der Waals surface area (Å²) in [6.45, 7) is 1.85. The number of pyridine rings is 1. The molecule has 3 aromatic rings. The molecule has 1 fully saturated rings. The molecule has 3 heterocycles. The molecule has 1 aliphatic rings. The molecule has 1 aliphatic heterocycles. The first-order chi connectivity index (χ1) is 12.1. The minimum atomic E-state index is -0.499. The lowest BCUT2D eigenvalue weighted by atomic mass is 10.2. The molecule has 1 aromatic carbocycles. The Morgan fingerprint density at radius 2 is 2.12 bits per heavy atom. The number of aromatic nitrogens is 3. The van der Waals surface area contributed by atoms with Gasteiger partial charge < -0.3 is 10.6 Å². The maximum atomic E-state index is 12.4. The number of hydrogen-bond donors (Lipinski definition) is 2. The lowest BCUT2D eigenvalue weighted by Crippen LogP contribution is -2.37. The SMILES string of the molecule is Cc1cc(NC(=O)C2CCC(=O)N2)n(-c2ccc3ccccc3n2)n1. The monoisotopic (exact) mass is 335 g/mol. The number of benzene rings is 1. The molecule has 0 aliphatic carbocycles.